The standard InChI is InChI=1S/C16H27N3O2/c1-20-11-9-19-10-12-21-16-5-8-18(7-4-15(16)19)13-14-3-2-6-17-14/h2-3,6,15-17H,4-5,7-13H2,1H3/t15-,16-/m1/s1. The van der Waals surface area contributed by atoms with Gasteiger partial charge in [-0.2, -0.15) is 0 Å². The lowest BCUT2D eigenvalue weighted by molar-refractivity contribution is -0.0761. The van der Waals surface area contributed by atoms with Gasteiger partial charge in [0.25, 0.3) is 0 Å². The van der Waals surface area contributed by atoms with Gasteiger partial charge >= 0.3 is 0 Å². The molecule has 2 atom stereocenters. The topological polar surface area (TPSA) is 40.7 Å². The van der Waals surface area contributed by atoms with E-state index in [1.54, 1.807) is 7.11 Å². The fraction of sp³-hybridized carbons (Fsp3) is 0.750. The van der Waals surface area contributed by atoms with E-state index in [2.05, 4.69) is 26.9 Å². The van der Waals surface area contributed by atoms with Crippen molar-refractivity contribution in [3.05, 3.63) is 24.0 Å². The third-order valence-corrected chi connectivity index (χ3v) is 4.72. The maximum Gasteiger partial charge on any atom is 0.0743 e. The van der Waals surface area contributed by atoms with Gasteiger partial charge in [0, 0.05) is 57.8 Å². The lowest BCUT2D eigenvalue weighted by atomic mass is 10.0. The van der Waals surface area contributed by atoms with Gasteiger partial charge in [-0.1, -0.05) is 0 Å². The molecule has 0 aromatic carbocycles. The molecule has 5 nitrogen and oxygen atoms in total. The van der Waals surface area contributed by atoms with Crippen LogP contribution < -0.4 is 0 Å². The lowest BCUT2D eigenvalue weighted by Crippen LogP contribution is -2.52. The number of morpholine rings is 1. The van der Waals surface area contributed by atoms with E-state index in [0.717, 1.165) is 52.4 Å². The van der Waals surface area contributed by atoms with E-state index in [1.807, 2.05) is 6.20 Å². The fourth-order valence-corrected chi connectivity index (χ4v) is 3.57. The highest BCUT2D eigenvalue weighted by Crippen LogP contribution is 2.24. The summed E-state index contributed by atoms with van der Waals surface area (Å²) in [5, 5.41) is 0. The first kappa shape index (κ1) is 15.0. The van der Waals surface area contributed by atoms with Crippen LogP contribution in [0.25, 0.3) is 0 Å². The summed E-state index contributed by atoms with van der Waals surface area (Å²) in [5.74, 6) is 0. The molecule has 3 heterocycles. The molecule has 5 heteroatoms. The van der Waals surface area contributed by atoms with Gasteiger partial charge in [0.2, 0.25) is 0 Å². The molecule has 2 saturated heterocycles. The minimum Gasteiger partial charge on any atom is -0.383 e. The van der Waals surface area contributed by atoms with Crippen LogP contribution in [-0.4, -0.2) is 73.4 Å². The zero-order valence-electron chi connectivity index (χ0n) is 13.0. The third kappa shape index (κ3) is 3.86. The van der Waals surface area contributed by atoms with Crippen molar-refractivity contribution >= 4 is 0 Å². The van der Waals surface area contributed by atoms with Crippen LogP contribution in [0.15, 0.2) is 18.3 Å². The molecule has 0 unspecified atom stereocenters. The summed E-state index contributed by atoms with van der Waals surface area (Å²) in [6.45, 7) is 7.03. The predicted octanol–water partition coefficient (Wildman–Crippen LogP) is 1.33. The molecule has 0 saturated carbocycles. The monoisotopic (exact) mass is 293 g/mol. The second-order valence-corrected chi connectivity index (χ2v) is 6.05. The number of nitrogens with one attached hydrogen (secondary N) is 1. The summed E-state index contributed by atoms with van der Waals surface area (Å²) in [4.78, 5) is 8.41. The Labute approximate surface area is 127 Å². The Balaban J connectivity index is 1.57. The Hall–Kier alpha value is -0.880. The van der Waals surface area contributed by atoms with E-state index in [1.165, 1.54) is 12.1 Å². The van der Waals surface area contributed by atoms with Crippen molar-refractivity contribution < 1.29 is 9.47 Å². The summed E-state index contributed by atoms with van der Waals surface area (Å²) in [6, 6.07) is 4.80. The number of nitrogens with zero attached hydrogens (tertiary/aromatic N) is 2. The normalized spacial score (nSPS) is 28.2. The number of rotatable bonds is 5. The fourth-order valence-electron chi connectivity index (χ4n) is 3.57. The minimum absolute atomic E-state index is 0.393. The van der Waals surface area contributed by atoms with Crippen molar-refractivity contribution in [1.82, 2.24) is 14.8 Å². The van der Waals surface area contributed by atoms with Crippen LogP contribution in [0.3, 0.4) is 0 Å². The van der Waals surface area contributed by atoms with Crippen LogP contribution in [-0.2, 0) is 16.0 Å². The molecule has 3 rings (SSSR count). The molecule has 0 aliphatic carbocycles. The van der Waals surface area contributed by atoms with Crippen molar-refractivity contribution in [1.29, 1.82) is 0 Å². The lowest BCUT2D eigenvalue weighted by Gasteiger charge is -2.40. The molecule has 1 aromatic rings. The predicted molar refractivity (Wildman–Crippen MR) is 82.3 cm³/mol. The first-order chi connectivity index (χ1) is 10.4. The summed E-state index contributed by atoms with van der Waals surface area (Å²) in [6.07, 6.45) is 4.72. The van der Waals surface area contributed by atoms with Gasteiger partial charge < -0.3 is 14.5 Å². The molecule has 0 bridgehead atoms. The summed E-state index contributed by atoms with van der Waals surface area (Å²) < 4.78 is 11.3. The van der Waals surface area contributed by atoms with Crippen LogP contribution in [0, 0.1) is 0 Å². The van der Waals surface area contributed by atoms with Crippen LogP contribution in [0.5, 0.6) is 0 Å². The second kappa shape index (κ2) is 7.40. The van der Waals surface area contributed by atoms with Gasteiger partial charge in [-0.3, -0.25) is 9.80 Å². The van der Waals surface area contributed by atoms with Gasteiger partial charge in [0.15, 0.2) is 0 Å². The van der Waals surface area contributed by atoms with E-state index >= 15 is 0 Å². The van der Waals surface area contributed by atoms with Gasteiger partial charge in [0.05, 0.1) is 19.3 Å². The Morgan fingerprint density at radius 3 is 3.05 bits per heavy atom. The molecular formula is C16H27N3O2. The van der Waals surface area contributed by atoms with E-state index in [0.29, 0.717) is 12.1 Å². The Morgan fingerprint density at radius 1 is 1.33 bits per heavy atom. The zero-order chi connectivity index (χ0) is 14.5. The Bertz CT molecular complexity index is 410. The highest BCUT2D eigenvalue weighted by Gasteiger charge is 2.34. The molecule has 118 valence electrons. The van der Waals surface area contributed by atoms with E-state index < -0.39 is 0 Å². The van der Waals surface area contributed by atoms with E-state index in [4.69, 9.17) is 9.47 Å². The molecule has 2 aliphatic rings. The maximum atomic E-state index is 6.04. The van der Waals surface area contributed by atoms with Crippen LogP contribution in [0.4, 0.5) is 0 Å². The van der Waals surface area contributed by atoms with Crippen molar-refractivity contribution in [3.8, 4) is 0 Å². The average molecular weight is 293 g/mol. The van der Waals surface area contributed by atoms with E-state index in [-0.39, 0.29) is 0 Å². The number of hydrogen-bond acceptors (Lipinski definition) is 4. The van der Waals surface area contributed by atoms with E-state index in [9.17, 15) is 0 Å². The third-order valence-electron chi connectivity index (χ3n) is 4.72. The van der Waals surface area contributed by atoms with Crippen molar-refractivity contribution in [2.75, 3.05) is 46.5 Å². The Kier molecular flexibility index (Phi) is 5.30. The molecule has 1 aromatic heterocycles. The number of H-pyrrole nitrogens is 1. The Morgan fingerprint density at radius 2 is 2.24 bits per heavy atom. The number of methoxy groups -OCH3 is 1. The molecule has 2 aliphatic heterocycles. The van der Waals surface area contributed by atoms with Crippen molar-refractivity contribution in [2.24, 2.45) is 0 Å². The first-order valence-electron chi connectivity index (χ1n) is 8.06. The van der Waals surface area contributed by atoms with Crippen LogP contribution in [0.1, 0.15) is 18.5 Å². The highest BCUT2D eigenvalue weighted by molar-refractivity contribution is 5.03. The van der Waals surface area contributed by atoms with Gasteiger partial charge in [-0.15, -0.1) is 0 Å². The minimum atomic E-state index is 0.393. The maximum absolute atomic E-state index is 6.04. The molecule has 0 spiro atoms. The molecule has 2 fully saturated rings. The number of aromatic nitrogens is 1. The number of fused-ring (bicyclic) bond motifs is 1. The summed E-state index contributed by atoms with van der Waals surface area (Å²) >= 11 is 0. The van der Waals surface area contributed by atoms with Gasteiger partial charge in [-0.05, 0) is 25.0 Å². The summed E-state index contributed by atoms with van der Waals surface area (Å²) in [7, 11) is 1.78. The average Bonchev–Trinajstić information content (AvgIpc) is 2.92. The number of likely N-dealkylation sites (tertiary alicyclic amines) is 1. The van der Waals surface area contributed by atoms with Crippen molar-refractivity contribution in [3.63, 3.8) is 0 Å². The highest BCUT2D eigenvalue weighted by atomic mass is 16.5. The smallest absolute Gasteiger partial charge is 0.0743 e. The quantitative estimate of drug-likeness (QED) is 0.889. The molecule has 0 amide bonds. The zero-order valence-corrected chi connectivity index (χ0v) is 13.0. The SMILES string of the molecule is COCCN1CCO[C@@H]2CCN(Cc3ccc[nH]3)CC[C@H]21. The second-order valence-electron chi connectivity index (χ2n) is 6.05. The molecule has 21 heavy (non-hydrogen) atoms. The molecule has 0 radical (unpaired) electrons. The van der Waals surface area contributed by atoms with Crippen LogP contribution >= 0.6 is 0 Å². The van der Waals surface area contributed by atoms with Crippen molar-refractivity contribution in [2.45, 2.75) is 31.5 Å². The van der Waals surface area contributed by atoms with Crippen LogP contribution in [0.2, 0.25) is 0 Å². The number of aromatic amines is 1. The molecular weight excluding hydrogens is 266 g/mol. The largest absolute Gasteiger partial charge is 0.383 e. The molecule has 1 N–H and O–H groups in total. The number of ether oxygens (including phenoxy) is 2. The number of hydrogen-bond donors (Lipinski definition) is 1. The van der Waals surface area contributed by atoms with Gasteiger partial charge in [-0.25, -0.2) is 0 Å². The summed E-state index contributed by atoms with van der Waals surface area (Å²) in [5.41, 5.74) is 1.30. The van der Waals surface area contributed by atoms with Gasteiger partial charge in [0.1, 0.15) is 0 Å². The first-order valence-corrected chi connectivity index (χ1v) is 8.06.